The molecule has 2 aliphatic heterocycles. The molecule has 23 heavy (non-hydrogen) atoms. The number of fused-ring (bicyclic) bond motifs is 1. The molecule has 2 aromatic rings. The smallest absolute Gasteiger partial charge is 0.131 e. The zero-order valence-corrected chi connectivity index (χ0v) is 13.7. The minimum absolute atomic E-state index is 0.569. The lowest BCUT2D eigenvalue weighted by molar-refractivity contribution is 0.202. The minimum Gasteiger partial charge on any atom is -0.356 e. The number of hydrogen-bond acceptors (Lipinski definition) is 5. The third-order valence-corrected chi connectivity index (χ3v) is 5.25. The van der Waals surface area contributed by atoms with Gasteiger partial charge < -0.3 is 4.90 Å². The van der Waals surface area contributed by atoms with Gasteiger partial charge in [-0.25, -0.2) is 9.97 Å². The summed E-state index contributed by atoms with van der Waals surface area (Å²) in [7, 11) is 2.15. The normalized spacial score (nSPS) is 19.0. The van der Waals surface area contributed by atoms with Crippen molar-refractivity contribution in [1.82, 2.24) is 24.6 Å². The molecule has 1 fully saturated rings. The van der Waals surface area contributed by atoms with Crippen LogP contribution in [-0.4, -0.2) is 50.8 Å². The highest BCUT2D eigenvalue weighted by atomic mass is 15.3. The van der Waals surface area contributed by atoms with Crippen LogP contribution in [0, 0.1) is 0 Å². The summed E-state index contributed by atoms with van der Waals surface area (Å²) in [4.78, 5) is 13.2. The second-order valence-electron chi connectivity index (χ2n) is 6.63. The van der Waals surface area contributed by atoms with E-state index in [-0.39, 0.29) is 0 Å². The fourth-order valence-corrected chi connectivity index (χ4v) is 3.85. The molecule has 0 unspecified atom stereocenters. The molecule has 0 saturated carbocycles. The summed E-state index contributed by atoms with van der Waals surface area (Å²) < 4.78 is 2.19. The maximum atomic E-state index is 4.51. The average Bonchev–Trinajstić information content (AvgIpc) is 3.21. The number of hydrogen-bond donors (Lipinski definition) is 0. The lowest BCUT2D eigenvalue weighted by atomic mass is 10.0. The molecule has 0 spiro atoms. The molecular weight excluding hydrogens is 288 g/mol. The molecule has 0 aliphatic carbocycles. The Kier molecular flexibility index (Phi) is 3.99. The van der Waals surface area contributed by atoms with Crippen LogP contribution in [0.3, 0.4) is 0 Å². The van der Waals surface area contributed by atoms with Gasteiger partial charge in [0.2, 0.25) is 0 Å². The maximum absolute atomic E-state index is 4.51. The van der Waals surface area contributed by atoms with E-state index in [9.17, 15) is 0 Å². The van der Waals surface area contributed by atoms with Gasteiger partial charge in [-0.15, -0.1) is 0 Å². The van der Waals surface area contributed by atoms with Gasteiger partial charge in [-0.05, 0) is 31.7 Å². The van der Waals surface area contributed by atoms with Crippen LogP contribution in [0.25, 0.3) is 0 Å². The first kappa shape index (κ1) is 14.6. The van der Waals surface area contributed by atoms with Crippen molar-refractivity contribution in [2.45, 2.75) is 44.8 Å². The summed E-state index contributed by atoms with van der Waals surface area (Å²) in [5, 5.41) is 4.51. The zero-order valence-electron chi connectivity index (χ0n) is 13.7. The zero-order chi connectivity index (χ0) is 15.6. The van der Waals surface area contributed by atoms with Crippen molar-refractivity contribution in [2.75, 3.05) is 25.0 Å². The van der Waals surface area contributed by atoms with Crippen LogP contribution < -0.4 is 4.90 Å². The molecule has 6 nitrogen and oxygen atoms in total. The number of aromatic nitrogens is 4. The van der Waals surface area contributed by atoms with Gasteiger partial charge >= 0.3 is 0 Å². The van der Waals surface area contributed by atoms with E-state index in [1.807, 2.05) is 12.3 Å². The largest absolute Gasteiger partial charge is 0.356 e. The Bertz CT molecular complexity index is 644. The van der Waals surface area contributed by atoms with E-state index in [1.54, 1.807) is 6.33 Å². The maximum Gasteiger partial charge on any atom is 0.131 e. The molecule has 4 rings (SSSR count). The summed E-state index contributed by atoms with van der Waals surface area (Å²) in [5.74, 6) is 1.02. The van der Waals surface area contributed by atoms with Crippen molar-refractivity contribution in [3.63, 3.8) is 0 Å². The Balaban J connectivity index is 1.34. The second-order valence-corrected chi connectivity index (χ2v) is 6.63. The van der Waals surface area contributed by atoms with E-state index in [1.165, 1.54) is 36.9 Å². The van der Waals surface area contributed by atoms with Crippen molar-refractivity contribution in [2.24, 2.45) is 0 Å². The van der Waals surface area contributed by atoms with E-state index in [4.69, 9.17) is 0 Å². The Labute approximate surface area is 137 Å². The Morgan fingerprint density at radius 3 is 2.91 bits per heavy atom. The van der Waals surface area contributed by atoms with Crippen LogP contribution in [0.1, 0.15) is 30.5 Å². The third-order valence-electron chi connectivity index (χ3n) is 5.25. The predicted octanol–water partition coefficient (Wildman–Crippen LogP) is 1.72. The molecular formula is C17H24N6. The summed E-state index contributed by atoms with van der Waals surface area (Å²) in [6.07, 6.45) is 10.3. The predicted molar refractivity (Wildman–Crippen MR) is 89.3 cm³/mol. The van der Waals surface area contributed by atoms with E-state index in [0.29, 0.717) is 6.04 Å². The van der Waals surface area contributed by atoms with Crippen LogP contribution >= 0.6 is 0 Å². The van der Waals surface area contributed by atoms with Gasteiger partial charge in [0.25, 0.3) is 0 Å². The standard InChI is InChI=1S/C17H24N6/c1-21(17-4-7-18-13-19-17)15-5-9-22(10-6-15)12-14-11-20-23-8-2-3-16(14)23/h4,7,11,13,15H,2-3,5-6,8-10,12H2,1H3. The number of aryl methyl sites for hydroxylation is 1. The first-order valence-electron chi connectivity index (χ1n) is 8.56. The molecule has 6 heteroatoms. The van der Waals surface area contributed by atoms with Gasteiger partial charge in [0, 0.05) is 56.7 Å². The molecule has 0 bridgehead atoms. The SMILES string of the molecule is CN(c1ccncn1)C1CCN(Cc2cnn3c2CCC3)CC1. The fourth-order valence-electron chi connectivity index (χ4n) is 3.85. The van der Waals surface area contributed by atoms with Crippen LogP contribution in [0.15, 0.2) is 24.8 Å². The number of piperidine rings is 1. The Morgan fingerprint density at radius 2 is 2.13 bits per heavy atom. The van der Waals surface area contributed by atoms with Crippen molar-refractivity contribution >= 4 is 5.82 Å². The summed E-state index contributed by atoms with van der Waals surface area (Å²) in [6, 6.07) is 2.56. The topological polar surface area (TPSA) is 50.1 Å². The lowest BCUT2D eigenvalue weighted by Gasteiger charge is -2.37. The molecule has 2 aromatic heterocycles. The molecule has 122 valence electrons. The van der Waals surface area contributed by atoms with Crippen molar-refractivity contribution < 1.29 is 0 Å². The van der Waals surface area contributed by atoms with Gasteiger partial charge in [0.05, 0.1) is 6.20 Å². The average molecular weight is 312 g/mol. The van der Waals surface area contributed by atoms with Crippen molar-refractivity contribution in [1.29, 1.82) is 0 Å². The summed E-state index contributed by atoms with van der Waals surface area (Å²) in [6.45, 7) is 4.44. The fraction of sp³-hybridized carbons (Fsp3) is 0.588. The van der Waals surface area contributed by atoms with Gasteiger partial charge in [-0.2, -0.15) is 5.10 Å². The molecule has 0 radical (unpaired) electrons. The van der Waals surface area contributed by atoms with Crippen molar-refractivity contribution in [3.05, 3.63) is 36.0 Å². The molecule has 0 N–H and O–H groups in total. The molecule has 1 saturated heterocycles. The molecule has 4 heterocycles. The lowest BCUT2D eigenvalue weighted by Crippen LogP contribution is -2.43. The summed E-state index contributed by atoms with van der Waals surface area (Å²) >= 11 is 0. The highest BCUT2D eigenvalue weighted by Crippen LogP contribution is 2.23. The number of anilines is 1. The Morgan fingerprint density at radius 1 is 1.26 bits per heavy atom. The van der Waals surface area contributed by atoms with E-state index < -0.39 is 0 Å². The molecule has 0 atom stereocenters. The minimum atomic E-state index is 0.569. The van der Waals surface area contributed by atoms with Gasteiger partial charge in [-0.3, -0.25) is 9.58 Å². The first-order valence-corrected chi connectivity index (χ1v) is 8.56. The second kappa shape index (κ2) is 6.28. The Hall–Kier alpha value is -1.95. The molecule has 0 amide bonds. The molecule has 0 aromatic carbocycles. The van der Waals surface area contributed by atoms with Crippen LogP contribution in [0.5, 0.6) is 0 Å². The summed E-state index contributed by atoms with van der Waals surface area (Å²) in [5.41, 5.74) is 2.90. The van der Waals surface area contributed by atoms with Crippen molar-refractivity contribution in [3.8, 4) is 0 Å². The monoisotopic (exact) mass is 312 g/mol. The van der Waals surface area contributed by atoms with Gasteiger partial charge in [0.1, 0.15) is 12.1 Å². The quantitative estimate of drug-likeness (QED) is 0.860. The highest BCUT2D eigenvalue weighted by molar-refractivity contribution is 5.36. The number of nitrogens with zero attached hydrogens (tertiary/aromatic N) is 6. The van der Waals surface area contributed by atoms with Gasteiger partial charge in [0.15, 0.2) is 0 Å². The van der Waals surface area contributed by atoms with Crippen LogP contribution in [0.4, 0.5) is 5.82 Å². The van der Waals surface area contributed by atoms with Gasteiger partial charge in [-0.1, -0.05) is 0 Å². The first-order chi connectivity index (χ1) is 11.3. The van der Waals surface area contributed by atoms with E-state index >= 15 is 0 Å². The van der Waals surface area contributed by atoms with E-state index in [0.717, 1.165) is 32.0 Å². The number of likely N-dealkylation sites (tertiary alicyclic amines) is 1. The number of rotatable bonds is 4. The highest BCUT2D eigenvalue weighted by Gasteiger charge is 2.25. The van der Waals surface area contributed by atoms with E-state index in [2.05, 4.69) is 42.8 Å². The van der Waals surface area contributed by atoms with Crippen LogP contribution in [0.2, 0.25) is 0 Å². The third kappa shape index (κ3) is 2.95. The van der Waals surface area contributed by atoms with Crippen LogP contribution in [-0.2, 0) is 19.5 Å². The molecule has 2 aliphatic rings.